The maximum atomic E-state index is 13.0. The van der Waals surface area contributed by atoms with Crippen LogP contribution in [-0.4, -0.2) is 4.98 Å². The van der Waals surface area contributed by atoms with Crippen molar-refractivity contribution in [2.75, 3.05) is 5.43 Å². The van der Waals surface area contributed by atoms with Gasteiger partial charge >= 0.3 is 6.18 Å². The summed E-state index contributed by atoms with van der Waals surface area (Å²) in [6.07, 6.45) is -4.51. The summed E-state index contributed by atoms with van der Waals surface area (Å²) < 4.78 is 39.1. The normalized spacial score (nSPS) is 12.8. The molecule has 0 radical (unpaired) electrons. The van der Waals surface area contributed by atoms with Gasteiger partial charge in [0.05, 0.1) is 11.2 Å². The number of nitrogen functional groups attached to an aromatic ring is 1. The molecule has 21 heavy (non-hydrogen) atoms. The van der Waals surface area contributed by atoms with Gasteiger partial charge in [-0.3, -0.25) is 5.84 Å². The number of anilines is 1. The molecule has 1 aromatic heterocycles. The first-order valence-corrected chi connectivity index (χ1v) is 6.54. The van der Waals surface area contributed by atoms with Crippen LogP contribution in [0.15, 0.2) is 18.2 Å². The lowest BCUT2D eigenvalue weighted by Gasteiger charge is -2.21. The number of hydrogen-bond donors (Lipinski definition) is 2. The minimum atomic E-state index is -4.51. The molecule has 2 rings (SSSR count). The number of hydrogen-bond acceptors (Lipinski definition) is 3. The van der Waals surface area contributed by atoms with Crippen molar-refractivity contribution in [3.63, 3.8) is 0 Å². The van der Waals surface area contributed by atoms with Crippen LogP contribution in [0.2, 0.25) is 0 Å². The summed E-state index contributed by atoms with van der Waals surface area (Å²) in [6, 6.07) is 5.24. The lowest BCUT2D eigenvalue weighted by Crippen LogP contribution is -2.17. The Morgan fingerprint density at radius 2 is 1.76 bits per heavy atom. The Morgan fingerprint density at radius 1 is 1.14 bits per heavy atom. The number of nitrogens with one attached hydrogen (secondary N) is 1. The Bertz CT molecular complexity index is 685. The first-order chi connectivity index (χ1) is 9.55. The van der Waals surface area contributed by atoms with Gasteiger partial charge in [-0.2, -0.15) is 13.2 Å². The number of hydrazine groups is 1. The number of aromatic nitrogens is 1. The van der Waals surface area contributed by atoms with Crippen LogP contribution in [0.25, 0.3) is 10.9 Å². The average molecular weight is 297 g/mol. The summed E-state index contributed by atoms with van der Waals surface area (Å²) in [5.41, 5.74) is 2.91. The van der Waals surface area contributed by atoms with Crippen molar-refractivity contribution < 1.29 is 13.2 Å². The van der Waals surface area contributed by atoms with Crippen LogP contribution in [0, 0.1) is 6.92 Å². The van der Waals surface area contributed by atoms with E-state index in [1.54, 1.807) is 12.1 Å². The fourth-order valence-electron chi connectivity index (χ4n) is 2.29. The first kappa shape index (κ1) is 15.6. The monoisotopic (exact) mass is 297 g/mol. The number of rotatable bonds is 1. The summed E-state index contributed by atoms with van der Waals surface area (Å²) in [6.45, 7) is 7.48. The van der Waals surface area contributed by atoms with E-state index in [2.05, 4.69) is 10.4 Å². The SMILES string of the molecule is Cc1c(C(F)(F)F)nc2ccc(C(C)(C)C)cc2c1NN. The zero-order chi connectivity index (χ0) is 16.0. The van der Waals surface area contributed by atoms with E-state index in [0.717, 1.165) is 5.56 Å². The van der Waals surface area contributed by atoms with Crippen molar-refractivity contribution in [1.29, 1.82) is 0 Å². The molecule has 0 aliphatic carbocycles. The van der Waals surface area contributed by atoms with Crippen LogP contribution in [0.4, 0.5) is 18.9 Å². The lowest BCUT2D eigenvalue weighted by molar-refractivity contribution is -0.141. The zero-order valence-corrected chi connectivity index (χ0v) is 12.4. The molecule has 0 aliphatic heterocycles. The van der Waals surface area contributed by atoms with Crippen LogP contribution in [0.1, 0.15) is 37.6 Å². The van der Waals surface area contributed by atoms with Gasteiger partial charge in [-0.1, -0.05) is 26.8 Å². The number of fused-ring (bicyclic) bond motifs is 1. The van der Waals surface area contributed by atoms with Crippen molar-refractivity contribution in [1.82, 2.24) is 4.98 Å². The summed E-state index contributed by atoms with van der Waals surface area (Å²) in [7, 11) is 0. The summed E-state index contributed by atoms with van der Waals surface area (Å²) in [5, 5.41) is 0.593. The van der Waals surface area contributed by atoms with Gasteiger partial charge in [0.2, 0.25) is 0 Å². The van der Waals surface area contributed by atoms with Gasteiger partial charge in [0.1, 0.15) is 5.69 Å². The average Bonchev–Trinajstić information content (AvgIpc) is 2.35. The van der Waals surface area contributed by atoms with Crippen molar-refractivity contribution in [3.8, 4) is 0 Å². The minimum absolute atomic E-state index is 0.00330. The highest BCUT2D eigenvalue weighted by Gasteiger charge is 2.36. The Balaban J connectivity index is 2.82. The van der Waals surface area contributed by atoms with E-state index in [1.807, 2.05) is 26.8 Å². The quantitative estimate of drug-likeness (QED) is 0.614. The fraction of sp³-hybridized carbons (Fsp3) is 0.400. The Morgan fingerprint density at radius 3 is 2.24 bits per heavy atom. The maximum absolute atomic E-state index is 13.0. The van der Waals surface area contributed by atoms with Gasteiger partial charge in [0.15, 0.2) is 0 Å². The molecule has 114 valence electrons. The molecular weight excluding hydrogens is 279 g/mol. The van der Waals surface area contributed by atoms with E-state index in [0.29, 0.717) is 5.39 Å². The highest BCUT2D eigenvalue weighted by Crippen LogP contribution is 2.37. The van der Waals surface area contributed by atoms with Gasteiger partial charge in [-0.05, 0) is 30.0 Å². The lowest BCUT2D eigenvalue weighted by atomic mass is 9.86. The van der Waals surface area contributed by atoms with E-state index in [4.69, 9.17) is 5.84 Å². The molecule has 3 nitrogen and oxygen atoms in total. The molecule has 2 aromatic rings. The predicted octanol–water partition coefficient (Wildman–Crippen LogP) is 4.15. The Kier molecular flexibility index (Phi) is 3.61. The van der Waals surface area contributed by atoms with Crippen LogP contribution in [0.3, 0.4) is 0 Å². The summed E-state index contributed by atoms with van der Waals surface area (Å²) >= 11 is 0. The van der Waals surface area contributed by atoms with Gasteiger partial charge in [-0.25, -0.2) is 4.98 Å². The highest BCUT2D eigenvalue weighted by atomic mass is 19.4. The van der Waals surface area contributed by atoms with Crippen molar-refractivity contribution in [2.24, 2.45) is 5.84 Å². The van der Waals surface area contributed by atoms with E-state index < -0.39 is 11.9 Å². The molecular formula is C15H18F3N3. The molecule has 1 aromatic carbocycles. The molecule has 0 atom stereocenters. The molecule has 0 spiro atoms. The molecule has 0 saturated carbocycles. The third-order valence-electron chi connectivity index (χ3n) is 3.51. The molecule has 0 amide bonds. The number of benzene rings is 1. The number of nitrogens with two attached hydrogens (primary N) is 1. The molecule has 3 N–H and O–H groups in total. The second kappa shape index (κ2) is 4.87. The second-order valence-corrected chi connectivity index (χ2v) is 6.08. The van der Waals surface area contributed by atoms with Crippen LogP contribution in [0.5, 0.6) is 0 Å². The maximum Gasteiger partial charge on any atom is 0.433 e. The first-order valence-electron chi connectivity index (χ1n) is 6.54. The van der Waals surface area contributed by atoms with Crippen LogP contribution < -0.4 is 11.3 Å². The molecule has 0 saturated heterocycles. The topological polar surface area (TPSA) is 50.9 Å². The predicted molar refractivity (Wildman–Crippen MR) is 78.0 cm³/mol. The molecule has 1 heterocycles. The van der Waals surface area contributed by atoms with Crippen molar-refractivity contribution >= 4 is 16.6 Å². The van der Waals surface area contributed by atoms with E-state index in [-0.39, 0.29) is 22.2 Å². The van der Waals surface area contributed by atoms with Crippen molar-refractivity contribution in [3.05, 3.63) is 35.0 Å². The Hall–Kier alpha value is -1.82. The zero-order valence-electron chi connectivity index (χ0n) is 12.4. The minimum Gasteiger partial charge on any atom is -0.323 e. The third-order valence-corrected chi connectivity index (χ3v) is 3.51. The Labute approximate surface area is 121 Å². The number of alkyl halides is 3. The summed E-state index contributed by atoms with van der Waals surface area (Å²) in [4.78, 5) is 3.76. The van der Waals surface area contributed by atoms with Gasteiger partial charge in [-0.15, -0.1) is 0 Å². The van der Waals surface area contributed by atoms with Crippen molar-refractivity contribution in [2.45, 2.75) is 39.3 Å². The molecule has 0 aliphatic rings. The number of halogens is 3. The molecule has 0 fully saturated rings. The third kappa shape index (κ3) is 2.81. The molecule has 0 bridgehead atoms. The number of pyridine rings is 1. The number of nitrogens with zero attached hydrogens (tertiary/aromatic N) is 1. The molecule has 0 unspecified atom stereocenters. The van der Waals surface area contributed by atoms with Gasteiger partial charge < -0.3 is 5.43 Å². The largest absolute Gasteiger partial charge is 0.433 e. The van der Waals surface area contributed by atoms with Gasteiger partial charge in [0, 0.05) is 10.9 Å². The van der Waals surface area contributed by atoms with Gasteiger partial charge in [0.25, 0.3) is 0 Å². The standard InChI is InChI=1S/C15H18F3N3/c1-8-12(21-19)10-7-9(14(2,3)4)5-6-11(10)20-13(8)15(16,17)18/h5-7H,19H2,1-4H3,(H,20,21). The fourth-order valence-corrected chi connectivity index (χ4v) is 2.29. The smallest absolute Gasteiger partial charge is 0.323 e. The summed E-state index contributed by atoms with van der Waals surface area (Å²) in [5.74, 6) is 5.44. The van der Waals surface area contributed by atoms with E-state index in [1.165, 1.54) is 6.92 Å². The second-order valence-electron chi connectivity index (χ2n) is 6.08. The van der Waals surface area contributed by atoms with Crippen LogP contribution in [-0.2, 0) is 11.6 Å². The van der Waals surface area contributed by atoms with E-state index >= 15 is 0 Å². The molecule has 6 heteroatoms. The van der Waals surface area contributed by atoms with E-state index in [9.17, 15) is 13.2 Å². The van der Waals surface area contributed by atoms with Crippen LogP contribution >= 0.6 is 0 Å². The highest BCUT2D eigenvalue weighted by molar-refractivity contribution is 5.93.